The van der Waals surface area contributed by atoms with Gasteiger partial charge in [0.05, 0.1) is 12.1 Å². The molecule has 0 bridgehead atoms. The maximum absolute atomic E-state index is 11.7. The van der Waals surface area contributed by atoms with E-state index in [1.54, 1.807) is 0 Å². The van der Waals surface area contributed by atoms with Crippen molar-refractivity contribution in [2.45, 2.75) is 13.4 Å². The third-order valence-corrected chi connectivity index (χ3v) is 2.51. The molecule has 0 unspecified atom stereocenters. The van der Waals surface area contributed by atoms with Gasteiger partial charge in [0.2, 0.25) is 0 Å². The van der Waals surface area contributed by atoms with Crippen molar-refractivity contribution in [3.05, 3.63) is 68.5 Å². The van der Waals surface area contributed by atoms with E-state index >= 15 is 0 Å². The Bertz CT molecular complexity index is 704. The maximum Gasteiger partial charge on any atom is 0.328 e. The van der Waals surface area contributed by atoms with Crippen molar-refractivity contribution >= 4 is 5.78 Å². The molecule has 2 rings (SSSR count). The lowest BCUT2D eigenvalue weighted by molar-refractivity contribution is 0.101. The molecular weight excluding hydrogens is 232 g/mol. The first-order chi connectivity index (χ1) is 9.11. The molecule has 5 heteroatoms. The highest BCUT2D eigenvalue weighted by molar-refractivity contribution is 5.93. The van der Waals surface area contributed by atoms with E-state index < -0.39 is 23.9 Å². The first-order valence-corrected chi connectivity index (χ1v) is 5.32. The van der Waals surface area contributed by atoms with Crippen LogP contribution >= 0.6 is 0 Å². The number of aromatic nitrogens is 2. The number of hydrogen-bond acceptors (Lipinski definition) is 3. The first kappa shape index (κ1) is 10.7. The quantitative estimate of drug-likeness (QED) is 0.812. The van der Waals surface area contributed by atoms with Crippen LogP contribution in [0.5, 0.6) is 0 Å². The predicted molar refractivity (Wildman–Crippen MR) is 66.9 cm³/mol. The van der Waals surface area contributed by atoms with E-state index in [1.165, 1.54) is 10.8 Å². The summed E-state index contributed by atoms with van der Waals surface area (Å²) in [5.74, 6) is -0.608. The molecule has 0 aliphatic heterocycles. The zero-order valence-corrected chi connectivity index (χ0v) is 9.55. The maximum atomic E-state index is 11.7. The number of carbonyl (C=O) groups is 1. The Hall–Kier alpha value is -2.43. The molecule has 0 aliphatic rings. The van der Waals surface area contributed by atoms with Gasteiger partial charge in [-0.2, -0.15) is 0 Å². The normalized spacial score (nSPS) is 11.0. The van der Waals surface area contributed by atoms with Crippen LogP contribution in [0, 0.1) is 0 Å². The Balaban J connectivity index is 2.44. The molecule has 1 aromatic carbocycles. The second-order valence-corrected chi connectivity index (χ2v) is 3.84. The number of benzene rings is 1. The monoisotopic (exact) mass is 245 g/mol. The van der Waals surface area contributed by atoms with Gasteiger partial charge in [-0.1, -0.05) is 30.3 Å². The highest BCUT2D eigenvalue weighted by Gasteiger charge is 2.08. The lowest BCUT2D eigenvalue weighted by Gasteiger charge is -2.06. The highest BCUT2D eigenvalue weighted by Crippen LogP contribution is 2.00. The molecular formula is C13H12N2O3. The smallest absolute Gasteiger partial charge is 0.295 e. The zero-order valence-electron chi connectivity index (χ0n) is 10.6. The number of H-pyrrole nitrogens is 1. The van der Waals surface area contributed by atoms with E-state index in [1.807, 2.05) is 30.3 Å². The van der Waals surface area contributed by atoms with Crippen LogP contribution in [0.15, 0.2) is 46.1 Å². The fraction of sp³-hybridized carbons (Fsp3) is 0.154. The van der Waals surface area contributed by atoms with Crippen LogP contribution in [0.25, 0.3) is 0 Å². The van der Waals surface area contributed by atoms with Crippen molar-refractivity contribution in [3.63, 3.8) is 0 Å². The van der Waals surface area contributed by atoms with E-state index in [-0.39, 0.29) is 12.1 Å². The van der Waals surface area contributed by atoms with Gasteiger partial charge in [-0.05, 0) is 12.5 Å². The second kappa shape index (κ2) is 4.83. The number of hydrogen-bond donors (Lipinski definition) is 1. The molecule has 0 spiro atoms. The molecule has 0 radical (unpaired) electrons. The molecule has 0 aliphatic carbocycles. The largest absolute Gasteiger partial charge is 0.328 e. The number of carbonyl (C=O) groups excluding carboxylic acids is 1. The number of Topliss-reactive ketones (excluding diaryl/α,β-unsaturated/α-hetero) is 1. The summed E-state index contributed by atoms with van der Waals surface area (Å²) < 4.78 is 8.25. The summed E-state index contributed by atoms with van der Waals surface area (Å²) in [6.45, 7) is -0.263. The zero-order chi connectivity index (χ0) is 13.8. The van der Waals surface area contributed by atoms with Crippen molar-refractivity contribution in [1.82, 2.24) is 9.55 Å². The Labute approximate surface area is 104 Å². The molecule has 5 nitrogen and oxygen atoms in total. The summed E-state index contributed by atoms with van der Waals surface area (Å²) in [5.41, 5.74) is -0.603. The molecule has 0 fully saturated rings. The van der Waals surface area contributed by atoms with Gasteiger partial charge in [0, 0.05) is 7.57 Å². The molecule has 2 aromatic rings. The average molecular weight is 245 g/mol. The number of ketones is 1. The molecule has 0 atom stereocenters. The Kier molecular flexibility index (Phi) is 2.87. The lowest BCUT2D eigenvalue weighted by Crippen LogP contribution is -2.33. The van der Waals surface area contributed by atoms with Crippen molar-refractivity contribution in [2.24, 2.45) is 0 Å². The standard InChI is InChI=1S/C13H12N2O3/c1-9(16)11-8-15(13(18)14-12(11)17)7-10-5-3-2-4-6-10/h2-6,8H,7H2,1H3,(H,14,17,18)/i1D. The molecule has 0 amide bonds. The van der Waals surface area contributed by atoms with E-state index in [0.717, 1.165) is 5.56 Å². The number of rotatable bonds is 3. The van der Waals surface area contributed by atoms with Gasteiger partial charge in [-0.15, -0.1) is 0 Å². The molecule has 1 aromatic heterocycles. The van der Waals surface area contributed by atoms with E-state index in [0.29, 0.717) is 0 Å². The minimum atomic E-state index is -0.744. The predicted octanol–water partition coefficient (Wildman–Crippen LogP) is 0.788. The van der Waals surface area contributed by atoms with E-state index in [9.17, 15) is 14.4 Å². The van der Waals surface area contributed by atoms with Crippen LogP contribution in [0.2, 0.25) is 0 Å². The molecule has 1 heterocycles. The summed E-state index contributed by atoms with van der Waals surface area (Å²) in [4.78, 5) is 36.6. The summed E-state index contributed by atoms with van der Waals surface area (Å²) in [7, 11) is 0. The first-order valence-electron chi connectivity index (χ1n) is 6.02. The second-order valence-electron chi connectivity index (χ2n) is 3.84. The Morgan fingerprint density at radius 1 is 1.33 bits per heavy atom. The molecule has 1 N–H and O–H groups in total. The summed E-state index contributed by atoms with van der Waals surface area (Å²) in [6.07, 6.45) is 1.21. The number of nitrogens with zero attached hydrogens (tertiary/aromatic N) is 1. The van der Waals surface area contributed by atoms with Gasteiger partial charge < -0.3 is 0 Å². The SMILES string of the molecule is [2H]CC(=O)c1cn(Cc2ccccc2)c(=O)[nH]c1=O. The van der Waals surface area contributed by atoms with E-state index in [4.69, 9.17) is 1.37 Å². The number of nitrogens with one attached hydrogen (secondary N) is 1. The van der Waals surface area contributed by atoms with E-state index in [2.05, 4.69) is 4.98 Å². The fourth-order valence-electron chi connectivity index (χ4n) is 1.61. The topological polar surface area (TPSA) is 71.9 Å². The molecule has 0 saturated carbocycles. The van der Waals surface area contributed by atoms with Crippen molar-refractivity contribution < 1.29 is 6.17 Å². The molecule has 18 heavy (non-hydrogen) atoms. The third kappa shape index (κ3) is 2.45. The lowest BCUT2D eigenvalue weighted by atomic mass is 10.2. The number of aromatic amines is 1. The van der Waals surface area contributed by atoms with Crippen LogP contribution in [0.4, 0.5) is 0 Å². The average Bonchev–Trinajstić information content (AvgIpc) is 2.42. The molecule has 0 saturated heterocycles. The van der Waals surface area contributed by atoms with Gasteiger partial charge in [0.25, 0.3) is 5.56 Å². The third-order valence-electron chi connectivity index (χ3n) is 2.51. The van der Waals surface area contributed by atoms with Crippen LogP contribution in [-0.2, 0) is 6.54 Å². The van der Waals surface area contributed by atoms with Gasteiger partial charge in [0.1, 0.15) is 0 Å². The fourth-order valence-corrected chi connectivity index (χ4v) is 1.61. The Morgan fingerprint density at radius 2 is 2.06 bits per heavy atom. The van der Waals surface area contributed by atoms with Crippen LogP contribution < -0.4 is 11.2 Å². The van der Waals surface area contributed by atoms with Crippen LogP contribution in [0.1, 0.15) is 24.2 Å². The van der Waals surface area contributed by atoms with Gasteiger partial charge in [-0.3, -0.25) is 19.1 Å². The van der Waals surface area contributed by atoms with Gasteiger partial charge >= 0.3 is 5.69 Å². The Morgan fingerprint density at radius 3 is 2.72 bits per heavy atom. The summed E-state index contributed by atoms with van der Waals surface area (Å²) >= 11 is 0. The molecule has 92 valence electrons. The van der Waals surface area contributed by atoms with Crippen molar-refractivity contribution in [3.8, 4) is 0 Å². The minimum absolute atomic E-state index is 0.162. The van der Waals surface area contributed by atoms with Crippen molar-refractivity contribution in [2.75, 3.05) is 0 Å². The minimum Gasteiger partial charge on any atom is -0.295 e. The van der Waals surface area contributed by atoms with Gasteiger partial charge in [-0.25, -0.2) is 4.79 Å². The van der Waals surface area contributed by atoms with Crippen molar-refractivity contribution in [1.29, 1.82) is 0 Å². The highest BCUT2D eigenvalue weighted by atomic mass is 16.2. The van der Waals surface area contributed by atoms with Crippen LogP contribution in [-0.4, -0.2) is 15.3 Å². The van der Waals surface area contributed by atoms with Crippen LogP contribution in [0.3, 0.4) is 0 Å². The summed E-state index contributed by atoms with van der Waals surface area (Å²) in [5, 5.41) is 0. The summed E-state index contributed by atoms with van der Waals surface area (Å²) in [6, 6.07) is 9.20. The van der Waals surface area contributed by atoms with Gasteiger partial charge in [0.15, 0.2) is 5.78 Å².